The molecule has 1 aliphatic rings. The molecule has 0 radical (unpaired) electrons. The van der Waals surface area contributed by atoms with Crippen molar-refractivity contribution in [2.75, 3.05) is 0 Å². The Morgan fingerprint density at radius 1 is 1.43 bits per heavy atom. The molecule has 0 saturated heterocycles. The Hall–Kier alpha value is -1.85. The third-order valence-corrected chi connectivity index (χ3v) is 4.19. The summed E-state index contributed by atoms with van der Waals surface area (Å²) in [6.07, 6.45) is 7.18. The highest BCUT2D eigenvalue weighted by Gasteiger charge is 2.20. The van der Waals surface area contributed by atoms with Crippen molar-refractivity contribution in [3.05, 3.63) is 62.4 Å². The van der Waals surface area contributed by atoms with Crippen molar-refractivity contribution in [3.8, 4) is 0 Å². The minimum atomic E-state index is -0.393. The highest BCUT2D eigenvalue weighted by atomic mass is 35.5. The van der Waals surface area contributed by atoms with Gasteiger partial charge in [-0.05, 0) is 42.5 Å². The Bertz CT molecular complexity index is 696. The Kier molecular flexibility index (Phi) is 3.69. The molecule has 1 aliphatic carbocycles. The van der Waals surface area contributed by atoms with Crippen molar-refractivity contribution in [1.82, 2.24) is 4.57 Å². The Labute approximate surface area is 127 Å². The van der Waals surface area contributed by atoms with Crippen LogP contribution < -0.4 is 5.73 Å². The zero-order chi connectivity index (χ0) is 15.0. The molecule has 0 bridgehead atoms. The van der Waals surface area contributed by atoms with E-state index in [4.69, 9.17) is 17.3 Å². The van der Waals surface area contributed by atoms with Crippen LogP contribution in [0.3, 0.4) is 0 Å². The van der Waals surface area contributed by atoms with Gasteiger partial charge in [-0.1, -0.05) is 11.6 Å². The first-order valence-electron chi connectivity index (χ1n) is 6.91. The van der Waals surface area contributed by atoms with Gasteiger partial charge in [-0.15, -0.1) is 0 Å². The number of nitrogens with zero attached hydrogens (tertiary/aromatic N) is 2. The second-order valence-electron chi connectivity index (χ2n) is 5.44. The number of nitro groups is 1. The van der Waals surface area contributed by atoms with Crippen LogP contribution in [-0.4, -0.2) is 9.49 Å². The SMILES string of the molecule is NC1CCCc2cn(Cc3ccc(Cl)cc3[N+](=O)[O-])cc21. The van der Waals surface area contributed by atoms with Gasteiger partial charge in [0, 0.05) is 35.1 Å². The molecule has 6 heteroatoms. The summed E-state index contributed by atoms with van der Waals surface area (Å²) in [6.45, 7) is 0.452. The molecular formula is C15H16ClN3O2. The van der Waals surface area contributed by atoms with Crippen molar-refractivity contribution < 1.29 is 4.92 Å². The number of benzene rings is 1. The lowest BCUT2D eigenvalue weighted by Crippen LogP contribution is -2.15. The first-order valence-corrected chi connectivity index (χ1v) is 7.29. The molecule has 0 aliphatic heterocycles. The summed E-state index contributed by atoms with van der Waals surface area (Å²) in [5, 5.41) is 11.5. The second-order valence-corrected chi connectivity index (χ2v) is 5.88. The molecule has 1 aromatic heterocycles. The molecule has 1 aromatic carbocycles. The van der Waals surface area contributed by atoms with E-state index in [9.17, 15) is 10.1 Å². The molecule has 0 fully saturated rings. The number of rotatable bonds is 3. The fraction of sp³-hybridized carbons (Fsp3) is 0.333. The van der Waals surface area contributed by atoms with Crippen molar-refractivity contribution in [2.45, 2.75) is 31.8 Å². The zero-order valence-corrected chi connectivity index (χ0v) is 12.2. The Balaban J connectivity index is 1.92. The van der Waals surface area contributed by atoms with E-state index < -0.39 is 4.92 Å². The Morgan fingerprint density at radius 3 is 2.95 bits per heavy atom. The summed E-state index contributed by atoms with van der Waals surface area (Å²) in [5.74, 6) is 0. The monoisotopic (exact) mass is 305 g/mol. The van der Waals surface area contributed by atoms with Gasteiger partial charge in [0.15, 0.2) is 0 Å². The van der Waals surface area contributed by atoms with Gasteiger partial charge in [0.25, 0.3) is 5.69 Å². The number of aromatic nitrogens is 1. The van der Waals surface area contributed by atoms with Gasteiger partial charge >= 0.3 is 0 Å². The fourth-order valence-electron chi connectivity index (χ4n) is 2.91. The third kappa shape index (κ3) is 2.80. The van der Waals surface area contributed by atoms with Gasteiger partial charge in [-0.25, -0.2) is 0 Å². The molecule has 0 saturated carbocycles. The molecule has 5 nitrogen and oxygen atoms in total. The van der Waals surface area contributed by atoms with Crippen LogP contribution in [0.4, 0.5) is 5.69 Å². The van der Waals surface area contributed by atoms with Crippen LogP contribution in [0.2, 0.25) is 5.02 Å². The average molecular weight is 306 g/mol. The number of hydrogen-bond acceptors (Lipinski definition) is 3. The van der Waals surface area contributed by atoms with Crippen LogP contribution in [0, 0.1) is 10.1 Å². The summed E-state index contributed by atoms with van der Waals surface area (Å²) in [6, 6.07) is 4.86. The first-order chi connectivity index (χ1) is 10.0. The largest absolute Gasteiger partial charge is 0.349 e. The lowest BCUT2D eigenvalue weighted by atomic mass is 9.92. The minimum absolute atomic E-state index is 0.0541. The second kappa shape index (κ2) is 5.50. The highest BCUT2D eigenvalue weighted by molar-refractivity contribution is 6.30. The van der Waals surface area contributed by atoms with Crippen LogP contribution in [0.25, 0.3) is 0 Å². The fourth-order valence-corrected chi connectivity index (χ4v) is 3.08. The molecule has 0 amide bonds. The van der Waals surface area contributed by atoms with E-state index in [1.165, 1.54) is 11.6 Å². The third-order valence-electron chi connectivity index (χ3n) is 3.96. The standard InChI is InChI=1S/C15H16ClN3O2/c16-12-5-4-11(15(6-12)19(20)21)8-18-7-10-2-1-3-14(17)13(10)9-18/h4-7,9,14H,1-3,8,17H2. The van der Waals surface area contributed by atoms with Gasteiger partial charge in [0.2, 0.25) is 0 Å². The number of nitrogens with two attached hydrogens (primary N) is 1. The zero-order valence-electron chi connectivity index (χ0n) is 11.5. The number of fused-ring (bicyclic) bond motifs is 1. The van der Waals surface area contributed by atoms with Gasteiger partial charge in [-0.3, -0.25) is 10.1 Å². The lowest BCUT2D eigenvalue weighted by molar-refractivity contribution is -0.385. The predicted molar refractivity (Wildman–Crippen MR) is 81.5 cm³/mol. The molecular weight excluding hydrogens is 290 g/mol. The van der Waals surface area contributed by atoms with Crippen LogP contribution in [0.5, 0.6) is 0 Å². The summed E-state index contributed by atoms with van der Waals surface area (Å²) in [7, 11) is 0. The summed E-state index contributed by atoms with van der Waals surface area (Å²) in [4.78, 5) is 10.7. The van der Waals surface area contributed by atoms with Crippen molar-refractivity contribution >= 4 is 17.3 Å². The van der Waals surface area contributed by atoms with Crippen molar-refractivity contribution in [3.63, 3.8) is 0 Å². The predicted octanol–water partition coefficient (Wildman–Crippen LogP) is 3.43. The normalized spacial score (nSPS) is 17.5. The molecule has 2 aromatic rings. The molecule has 1 unspecified atom stereocenters. The van der Waals surface area contributed by atoms with Gasteiger partial charge in [0.1, 0.15) is 0 Å². The average Bonchev–Trinajstić information content (AvgIpc) is 2.85. The first kappa shape index (κ1) is 14.1. The maximum absolute atomic E-state index is 11.1. The van der Waals surface area contributed by atoms with E-state index in [0.29, 0.717) is 17.1 Å². The van der Waals surface area contributed by atoms with E-state index in [-0.39, 0.29) is 11.7 Å². The molecule has 1 heterocycles. The number of halogens is 1. The number of nitro benzene ring substituents is 1. The summed E-state index contributed by atoms with van der Waals surface area (Å²) >= 11 is 5.84. The summed E-state index contributed by atoms with van der Waals surface area (Å²) in [5.41, 5.74) is 9.23. The van der Waals surface area contributed by atoms with Crippen LogP contribution in [0.15, 0.2) is 30.6 Å². The van der Waals surface area contributed by atoms with Gasteiger partial charge in [-0.2, -0.15) is 0 Å². The number of aryl methyl sites for hydroxylation is 1. The molecule has 110 valence electrons. The summed E-state index contributed by atoms with van der Waals surface area (Å²) < 4.78 is 1.98. The van der Waals surface area contributed by atoms with Gasteiger partial charge < -0.3 is 10.3 Å². The lowest BCUT2D eigenvalue weighted by Gasteiger charge is -2.17. The van der Waals surface area contributed by atoms with Gasteiger partial charge in [0.05, 0.1) is 11.5 Å². The Morgan fingerprint density at radius 2 is 2.24 bits per heavy atom. The van der Waals surface area contributed by atoms with Crippen LogP contribution in [-0.2, 0) is 13.0 Å². The van der Waals surface area contributed by atoms with Crippen LogP contribution in [0.1, 0.15) is 35.6 Å². The smallest absolute Gasteiger partial charge is 0.275 e. The minimum Gasteiger partial charge on any atom is -0.349 e. The molecule has 21 heavy (non-hydrogen) atoms. The molecule has 2 N–H and O–H groups in total. The van der Waals surface area contributed by atoms with Crippen molar-refractivity contribution in [2.24, 2.45) is 5.73 Å². The van der Waals surface area contributed by atoms with E-state index >= 15 is 0 Å². The van der Waals surface area contributed by atoms with E-state index in [1.807, 2.05) is 17.0 Å². The van der Waals surface area contributed by atoms with Crippen LogP contribution >= 0.6 is 11.6 Å². The highest BCUT2D eigenvalue weighted by Crippen LogP contribution is 2.30. The molecule has 1 atom stereocenters. The van der Waals surface area contributed by atoms with Crippen molar-refractivity contribution in [1.29, 1.82) is 0 Å². The topological polar surface area (TPSA) is 74.1 Å². The quantitative estimate of drug-likeness (QED) is 0.697. The molecule has 3 rings (SSSR count). The molecule has 0 spiro atoms. The maximum atomic E-state index is 11.1. The van der Waals surface area contributed by atoms with E-state index in [2.05, 4.69) is 0 Å². The van der Waals surface area contributed by atoms with E-state index in [0.717, 1.165) is 24.8 Å². The van der Waals surface area contributed by atoms with E-state index in [1.54, 1.807) is 12.1 Å². The maximum Gasteiger partial charge on any atom is 0.275 e. The number of hydrogen-bond donors (Lipinski definition) is 1.